The number of methoxy groups -OCH3 is 1. The Balaban J connectivity index is 1.21. The molecule has 2 fully saturated rings. The second-order valence-corrected chi connectivity index (χ2v) is 10.7. The second kappa shape index (κ2) is 9.80. The van der Waals surface area contributed by atoms with Crippen LogP contribution >= 0.6 is 0 Å². The first kappa shape index (κ1) is 23.3. The van der Waals surface area contributed by atoms with Crippen molar-refractivity contribution in [1.82, 2.24) is 9.88 Å². The fourth-order valence-corrected chi connectivity index (χ4v) is 6.83. The van der Waals surface area contributed by atoms with E-state index in [0.29, 0.717) is 18.1 Å². The van der Waals surface area contributed by atoms with Crippen LogP contribution in [0, 0.1) is 0 Å². The van der Waals surface area contributed by atoms with Gasteiger partial charge in [-0.25, -0.2) is 0 Å². The minimum Gasteiger partial charge on any atom is -0.493 e. The summed E-state index contributed by atoms with van der Waals surface area (Å²) in [5, 5.41) is 0. The van der Waals surface area contributed by atoms with Crippen LogP contribution in [0.5, 0.6) is 17.2 Å². The number of rotatable bonds is 6. The number of fused-ring (bicyclic) bond motifs is 4. The van der Waals surface area contributed by atoms with Crippen molar-refractivity contribution in [2.75, 3.05) is 18.6 Å². The van der Waals surface area contributed by atoms with Crippen molar-refractivity contribution >= 4 is 11.4 Å². The van der Waals surface area contributed by atoms with Crippen LogP contribution in [0.1, 0.15) is 31.2 Å². The van der Waals surface area contributed by atoms with Crippen molar-refractivity contribution in [2.24, 2.45) is 0 Å². The van der Waals surface area contributed by atoms with Gasteiger partial charge in [0.05, 0.1) is 18.5 Å². The number of pyridine rings is 1. The highest BCUT2D eigenvalue weighted by Crippen LogP contribution is 2.54. The Morgan fingerprint density at radius 2 is 1.61 bits per heavy atom. The number of nitrogens with zero attached hydrogens (tertiary/aromatic N) is 3. The monoisotopic (exact) mass is 503 g/mol. The molecule has 3 atom stereocenters. The van der Waals surface area contributed by atoms with E-state index in [1.54, 1.807) is 7.11 Å². The molecule has 0 N–H and O–H groups in total. The number of benzene rings is 3. The molecule has 3 aliphatic heterocycles. The highest BCUT2D eigenvalue weighted by atomic mass is 16.5. The molecular weight excluding hydrogens is 470 g/mol. The highest BCUT2D eigenvalue weighted by Gasteiger charge is 2.44. The number of hydrogen-bond donors (Lipinski definition) is 0. The van der Waals surface area contributed by atoms with Crippen molar-refractivity contribution in [3.05, 3.63) is 96.8 Å². The minimum absolute atomic E-state index is 0.417. The summed E-state index contributed by atoms with van der Waals surface area (Å²) in [5.74, 6) is 2.47. The molecule has 0 amide bonds. The minimum atomic E-state index is 0.417. The fourth-order valence-electron chi connectivity index (χ4n) is 6.83. The Kier molecular flexibility index (Phi) is 6.01. The standard InChI is InChI=1S/C33H33N3O2/c1-37-31-9-5-8-30-33(31)38-32-20-25(24-14-17-34-18-15-24)10-13-29(32)36(30)28-21-26-11-12-27(22-28)35(26)19-16-23-6-3-2-4-7-23/h2-10,13-15,17-18,20,26-28H,11-12,16,19,21-22H2,1H3/t26-,27+,28+. The zero-order valence-corrected chi connectivity index (χ0v) is 21.8. The van der Waals surface area contributed by atoms with Crippen molar-refractivity contribution in [2.45, 2.75) is 50.2 Å². The molecule has 4 aromatic rings. The predicted molar refractivity (Wildman–Crippen MR) is 152 cm³/mol. The third-order valence-corrected chi connectivity index (χ3v) is 8.61. The smallest absolute Gasteiger partial charge is 0.192 e. The molecule has 4 heterocycles. The molecule has 2 bridgehead atoms. The normalized spacial score (nSPS) is 21.9. The van der Waals surface area contributed by atoms with Gasteiger partial charge in [0.25, 0.3) is 0 Å². The Bertz CT molecular complexity index is 1410. The summed E-state index contributed by atoms with van der Waals surface area (Å²) < 4.78 is 12.3. The summed E-state index contributed by atoms with van der Waals surface area (Å²) in [4.78, 5) is 9.52. The third-order valence-electron chi connectivity index (χ3n) is 8.61. The molecule has 192 valence electrons. The number of para-hydroxylation sites is 1. The van der Waals surface area contributed by atoms with Gasteiger partial charge < -0.3 is 14.4 Å². The molecule has 1 aromatic heterocycles. The van der Waals surface area contributed by atoms with Gasteiger partial charge in [-0.3, -0.25) is 9.88 Å². The van der Waals surface area contributed by atoms with Crippen LogP contribution in [-0.4, -0.2) is 41.7 Å². The zero-order valence-electron chi connectivity index (χ0n) is 21.8. The van der Waals surface area contributed by atoms with E-state index in [4.69, 9.17) is 9.47 Å². The van der Waals surface area contributed by atoms with Crippen molar-refractivity contribution in [1.29, 1.82) is 0 Å². The van der Waals surface area contributed by atoms with Crippen LogP contribution in [0.25, 0.3) is 11.1 Å². The molecule has 0 saturated carbocycles. The summed E-state index contributed by atoms with van der Waals surface area (Å²) in [6.45, 7) is 1.14. The van der Waals surface area contributed by atoms with Crippen LogP contribution < -0.4 is 14.4 Å². The van der Waals surface area contributed by atoms with Gasteiger partial charge in [-0.05, 0) is 85.2 Å². The quantitative estimate of drug-likeness (QED) is 0.277. The molecule has 5 nitrogen and oxygen atoms in total. The maximum absolute atomic E-state index is 6.57. The zero-order chi connectivity index (χ0) is 25.5. The van der Waals surface area contributed by atoms with Gasteiger partial charge in [0.15, 0.2) is 17.2 Å². The van der Waals surface area contributed by atoms with Crippen LogP contribution in [0.15, 0.2) is 91.3 Å². The summed E-state index contributed by atoms with van der Waals surface area (Å²) in [7, 11) is 1.72. The third kappa shape index (κ3) is 4.11. The Labute approximate surface area is 224 Å². The summed E-state index contributed by atoms with van der Waals surface area (Å²) >= 11 is 0. The number of aromatic nitrogens is 1. The van der Waals surface area contributed by atoms with Gasteiger partial charge in [0.2, 0.25) is 0 Å². The van der Waals surface area contributed by atoms with Gasteiger partial charge in [-0.15, -0.1) is 0 Å². The fraction of sp³-hybridized carbons (Fsp3) is 0.303. The van der Waals surface area contributed by atoms with Gasteiger partial charge in [-0.2, -0.15) is 0 Å². The van der Waals surface area contributed by atoms with Crippen molar-refractivity contribution in [3.8, 4) is 28.4 Å². The lowest BCUT2D eigenvalue weighted by atomic mass is 9.93. The lowest BCUT2D eigenvalue weighted by Gasteiger charge is -2.46. The van der Waals surface area contributed by atoms with Gasteiger partial charge >= 0.3 is 0 Å². The average molecular weight is 504 g/mol. The first-order valence-corrected chi connectivity index (χ1v) is 13.8. The number of ether oxygens (including phenoxy) is 2. The number of anilines is 2. The van der Waals surface area contributed by atoms with Gasteiger partial charge in [0, 0.05) is 37.1 Å². The molecule has 0 aliphatic carbocycles. The maximum Gasteiger partial charge on any atom is 0.192 e. The predicted octanol–water partition coefficient (Wildman–Crippen LogP) is 7.24. The largest absolute Gasteiger partial charge is 0.493 e. The molecule has 3 aromatic carbocycles. The SMILES string of the molecule is COc1cccc2c1Oc1cc(-c3ccncc3)ccc1N2[C@H]1C[C@H]2CC[C@@H](C1)N2CCc1ccccc1. The maximum atomic E-state index is 6.57. The molecule has 0 radical (unpaired) electrons. The van der Waals surface area contributed by atoms with E-state index in [1.165, 1.54) is 18.4 Å². The summed E-state index contributed by atoms with van der Waals surface area (Å²) in [6, 6.07) is 29.5. The molecule has 38 heavy (non-hydrogen) atoms. The number of piperidine rings is 1. The Morgan fingerprint density at radius 1 is 0.816 bits per heavy atom. The lowest BCUT2D eigenvalue weighted by Crippen LogP contribution is -2.50. The number of hydrogen-bond acceptors (Lipinski definition) is 5. The lowest BCUT2D eigenvalue weighted by molar-refractivity contribution is 0.129. The van der Waals surface area contributed by atoms with Crippen LogP contribution in [0.2, 0.25) is 0 Å². The van der Waals surface area contributed by atoms with Crippen LogP contribution in [0.3, 0.4) is 0 Å². The van der Waals surface area contributed by atoms with E-state index in [0.717, 1.165) is 65.6 Å². The van der Waals surface area contributed by atoms with E-state index in [1.807, 2.05) is 30.6 Å². The Morgan fingerprint density at radius 3 is 2.37 bits per heavy atom. The molecule has 3 aliphatic rings. The second-order valence-electron chi connectivity index (χ2n) is 10.7. The van der Waals surface area contributed by atoms with E-state index in [2.05, 4.69) is 75.4 Å². The molecule has 5 heteroatoms. The van der Waals surface area contributed by atoms with E-state index >= 15 is 0 Å². The van der Waals surface area contributed by atoms with E-state index in [9.17, 15) is 0 Å². The van der Waals surface area contributed by atoms with E-state index in [-0.39, 0.29) is 0 Å². The van der Waals surface area contributed by atoms with E-state index < -0.39 is 0 Å². The molecule has 0 spiro atoms. The Hall–Kier alpha value is -3.83. The van der Waals surface area contributed by atoms with Crippen molar-refractivity contribution < 1.29 is 9.47 Å². The summed E-state index contributed by atoms with van der Waals surface area (Å²) in [6.07, 6.45) is 9.69. The average Bonchev–Trinajstić information content (AvgIpc) is 3.21. The molecule has 2 saturated heterocycles. The molecule has 0 unspecified atom stereocenters. The van der Waals surface area contributed by atoms with Crippen molar-refractivity contribution in [3.63, 3.8) is 0 Å². The molecule has 7 rings (SSSR count). The summed E-state index contributed by atoms with van der Waals surface area (Å²) in [5.41, 5.74) is 5.94. The van der Waals surface area contributed by atoms with Gasteiger partial charge in [0.1, 0.15) is 0 Å². The van der Waals surface area contributed by atoms with Crippen LogP contribution in [-0.2, 0) is 6.42 Å². The first-order valence-electron chi connectivity index (χ1n) is 13.8. The van der Waals surface area contributed by atoms with Crippen LogP contribution in [0.4, 0.5) is 11.4 Å². The highest BCUT2D eigenvalue weighted by molar-refractivity contribution is 5.83. The van der Waals surface area contributed by atoms with Gasteiger partial charge in [-0.1, -0.05) is 42.5 Å². The molecular formula is C33H33N3O2. The first-order chi connectivity index (χ1) is 18.8. The topological polar surface area (TPSA) is 37.8 Å².